The number of carbonyl (C=O) groups is 2. The van der Waals surface area contributed by atoms with Crippen LogP contribution in [0.4, 0.5) is 0 Å². The number of ketones is 1. The predicted octanol–water partition coefficient (Wildman–Crippen LogP) is 2.50. The van der Waals surface area contributed by atoms with Crippen LogP contribution in [0.2, 0.25) is 0 Å². The number of amides is 1. The van der Waals surface area contributed by atoms with Crippen LogP contribution in [0.5, 0.6) is 0 Å². The summed E-state index contributed by atoms with van der Waals surface area (Å²) in [6.45, 7) is 14.3. The van der Waals surface area contributed by atoms with Crippen molar-refractivity contribution in [2.75, 3.05) is 32.7 Å². The second-order valence-corrected chi connectivity index (χ2v) is 6.87. The number of rotatable bonds is 5. The molecule has 0 aliphatic carbocycles. The largest absolute Gasteiger partial charge is 0.354 e. The number of aryl methyl sites for hydroxylation is 1. The summed E-state index contributed by atoms with van der Waals surface area (Å²) >= 11 is 0. The van der Waals surface area contributed by atoms with E-state index in [0.717, 1.165) is 44.0 Å². The van der Waals surface area contributed by atoms with Crippen molar-refractivity contribution in [2.24, 2.45) is 5.92 Å². The third-order valence-electron chi connectivity index (χ3n) is 4.49. The van der Waals surface area contributed by atoms with Gasteiger partial charge in [-0.25, -0.2) is 0 Å². The number of nitrogens with zero attached hydrogens (tertiary/aromatic N) is 2. The van der Waals surface area contributed by atoms with E-state index in [4.69, 9.17) is 0 Å². The Morgan fingerprint density at radius 3 is 2.26 bits per heavy atom. The lowest BCUT2D eigenvalue weighted by atomic mass is 10.0. The number of piperazine rings is 1. The highest BCUT2D eigenvalue weighted by molar-refractivity contribution is 6.02. The summed E-state index contributed by atoms with van der Waals surface area (Å²) in [5.41, 5.74) is 2.96. The molecule has 1 amide bonds. The van der Waals surface area contributed by atoms with Crippen LogP contribution in [0.1, 0.15) is 59.8 Å². The van der Waals surface area contributed by atoms with Gasteiger partial charge in [-0.15, -0.1) is 0 Å². The van der Waals surface area contributed by atoms with Crippen LogP contribution in [0.3, 0.4) is 0 Å². The van der Waals surface area contributed by atoms with E-state index in [2.05, 4.69) is 23.7 Å². The van der Waals surface area contributed by atoms with Gasteiger partial charge in [0.05, 0.1) is 0 Å². The van der Waals surface area contributed by atoms with Gasteiger partial charge in [0, 0.05) is 44.0 Å². The van der Waals surface area contributed by atoms with Gasteiger partial charge in [0.15, 0.2) is 5.78 Å². The average molecular weight is 319 g/mol. The summed E-state index contributed by atoms with van der Waals surface area (Å²) < 4.78 is 0. The van der Waals surface area contributed by atoms with E-state index in [1.165, 1.54) is 0 Å². The highest BCUT2D eigenvalue weighted by Crippen LogP contribution is 2.22. The maximum atomic E-state index is 12.9. The van der Waals surface area contributed by atoms with Crippen molar-refractivity contribution >= 4 is 11.7 Å². The predicted molar refractivity (Wildman–Crippen MR) is 92.1 cm³/mol. The number of hydrogen-bond donors (Lipinski definition) is 1. The van der Waals surface area contributed by atoms with E-state index in [-0.39, 0.29) is 11.7 Å². The lowest BCUT2D eigenvalue weighted by molar-refractivity contribution is 0.0617. The van der Waals surface area contributed by atoms with Crippen molar-refractivity contribution in [1.29, 1.82) is 0 Å². The summed E-state index contributed by atoms with van der Waals surface area (Å²) in [6.07, 6.45) is 0.688. The average Bonchev–Trinajstić information content (AvgIpc) is 2.83. The van der Waals surface area contributed by atoms with Crippen molar-refractivity contribution in [3.63, 3.8) is 0 Å². The fraction of sp³-hybridized carbons (Fsp3) is 0.667. The van der Waals surface area contributed by atoms with E-state index in [0.29, 0.717) is 23.6 Å². The van der Waals surface area contributed by atoms with E-state index < -0.39 is 0 Å². The van der Waals surface area contributed by atoms with Crippen molar-refractivity contribution in [3.8, 4) is 0 Å². The Kier molecular flexibility index (Phi) is 5.63. The maximum absolute atomic E-state index is 12.9. The molecule has 0 bridgehead atoms. The lowest BCUT2D eigenvalue weighted by Gasteiger charge is -2.35. The minimum absolute atomic E-state index is 0.0244. The van der Waals surface area contributed by atoms with Crippen LogP contribution >= 0.6 is 0 Å². The number of aromatic nitrogens is 1. The Balaban J connectivity index is 2.13. The molecule has 0 aromatic carbocycles. The Morgan fingerprint density at radius 1 is 1.17 bits per heavy atom. The van der Waals surface area contributed by atoms with Crippen molar-refractivity contribution in [2.45, 2.75) is 41.0 Å². The molecule has 5 heteroatoms. The summed E-state index contributed by atoms with van der Waals surface area (Å²) in [5.74, 6) is 0.700. The molecule has 2 rings (SSSR count). The third kappa shape index (κ3) is 3.83. The molecule has 1 aliphatic heterocycles. The molecule has 0 unspecified atom stereocenters. The van der Waals surface area contributed by atoms with Crippen LogP contribution in [0.25, 0.3) is 0 Å². The Labute approximate surface area is 139 Å². The Bertz CT molecular complexity index is 581. The first-order valence-corrected chi connectivity index (χ1v) is 8.59. The number of aromatic amines is 1. The second-order valence-electron chi connectivity index (χ2n) is 6.87. The van der Waals surface area contributed by atoms with Crippen molar-refractivity contribution < 1.29 is 9.59 Å². The zero-order chi connectivity index (χ0) is 17.1. The van der Waals surface area contributed by atoms with Gasteiger partial charge >= 0.3 is 0 Å². The fourth-order valence-corrected chi connectivity index (χ4v) is 3.50. The van der Waals surface area contributed by atoms with E-state index in [1.807, 2.05) is 18.7 Å². The summed E-state index contributed by atoms with van der Waals surface area (Å²) in [7, 11) is 0. The third-order valence-corrected chi connectivity index (χ3v) is 4.49. The van der Waals surface area contributed by atoms with E-state index in [1.54, 1.807) is 6.92 Å². The molecule has 0 saturated carbocycles. The van der Waals surface area contributed by atoms with Crippen LogP contribution < -0.4 is 0 Å². The first kappa shape index (κ1) is 17.7. The topological polar surface area (TPSA) is 56.4 Å². The molecule has 0 radical (unpaired) electrons. The molecule has 0 spiro atoms. The van der Waals surface area contributed by atoms with Gasteiger partial charge in [0.1, 0.15) is 5.69 Å². The Morgan fingerprint density at radius 2 is 1.78 bits per heavy atom. The molecule has 1 saturated heterocycles. The fourth-order valence-electron chi connectivity index (χ4n) is 3.50. The van der Waals surface area contributed by atoms with Gasteiger partial charge in [0.25, 0.3) is 5.91 Å². The van der Waals surface area contributed by atoms with E-state index in [9.17, 15) is 9.59 Å². The minimum atomic E-state index is 0.0244. The number of H-pyrrole nitrogens is 1. The normalized spacial score (nSPS) is 16.2. The molecule has 5 nitrogen and oxygen atoms in total. The molecular formula is C18H29N3O2. The number of Topliss-reactive ketones (excluding diaryl/α,β-unsaturated/α-hetero) is 1. The number of hydrogen-bond acceptors (Lipinski definition) is 3. The molecule has 1 N–H and O–H groups in total. The summed E-state index contributed by atoms with van der Waals surface area (Å²) in [6, 6.07) is 0. The van der Waals surface area contributed by atoms with Crippen LogP contribution in [-0.2, 0) is 6.42 Å². The quantitative estimate of drug-likeness (QED) is 0.848. The monoisotopic (exact) mass is 319 g/mol. The molecule has 0 atom stereocenters. The Hall–Kier alpha value is -1.62. The molecule has 2 heterocycles. The van der Waals surface area contributed by atoms with E-state index >= 15 is 0 Å². The molecule has 1 aromatic heterocycles. The highest BCUT2D eigenvalue weighted by atomic mass is 16.2. The second kappa shape index (κ2) is 7.30. The first-order chi connectivity index (χ1) is 10.8. The maximum Gasteiger partial charge on any atom is 0.270 e. The summed E-state index contributed by atoms with van der Waals surface area (Å²) in [5, 5.41) is 0. The first-order valence-electron chi connectivity index (χ1n) is 8.59. The van der Waals surface area contributed by atoms with Gasteiger partial charge in [-0.3, -0.25) is 14.5 Å². The highest BCUT2D eigenvalue weighted by Gasteiger charge is 2.27. The molecule has 1 aromatic rings. The SMILES string of the molecule is CCc1c(C(=O)N2CCN(CC(C)C)CC2)[nH]c(C)c1C(C)=O. The van der Waals surface area contributed by atoms with Gasteiger partial charge in [-0.2, -0.15) is 0 Å². The van der Waals surface area contributed by atoms with Gasteiger partial charge in [0.2, 0.25) is 0 Å². The van der Waals surface area contributed by atoms with Crippen molar-refractivity contribution in [1.82, 2.24) is 14.8 Å². The number of carbonyl (C=O) groups excluding carboxylic acids is 2. The van der Waals surface area contributed by atoms with Gasteiger partial charge in [-0.05, 0) is 31.7 Å². The zero-order valence-electron chi connectivity index (χ0n) is 15.0. The van der Waals surface area contributed by atoms with Crippen LogP contribution in [0, 0.1) is 12.8 Å². The van der Waals surface area contributed by atoms with Crippen LogP contribution in [0.15, 0.2) is 0 Å². The molecular weight excluding hydrogens is 290 g/mol. The zero-order valence-corrected chi connectivity index (χ0v) is 15.0. The lowest BCUT2D eigenvalue weighted by Crippen LogP contribution is -2.49. The van der Waals surface area contributed by atoms with Crippen LogP contribution in [-0.4, -0.2) is 59.2 Å². The number of nitrogens with one attached hydrogen (secondary N) is 1. The van der Waals surface area contributed by atoms with Gasteiger partial charge < -0.3 is 9.88 Å². The molecule has 128 valence electrons. The molecule has 1 aliphatic rings. The summed E-state index contributed by atoms with van der Waals surface area (Å²) in [4.78, 5) is 32.2. The molecule has 1 fully saturated rings. The minimum Gasteiger partial charge on any atom is -0.354 e. The van der Waals surface area contributed by atoms with Gasteiger partial charge in [-0.1, -0.05) is 20.8 Å². The standard InChI is InChI=1S/C18H29N3O2/c1-6-15-16(14(5)22)13(4)19-17(15)18(23)21-9-7-20(8-10-21)11-12(2)3/h12,19H,6-11H2,1-5H3. The smallest absolute Gasteiger partial charge is 0.270 e. The van der Waals surface area contributed by atoms with Crippen molar-refractivity contribution in [3.05, 3.63) is 22.5 Å². The molecule has 23 heavy (non-hydrogen) atoms.